The topological polar surface area (TPSA) is 46.2 Å². The first-order valence-corrected chi connectivity index (χ1v) is 7.18. The van der Waals surface area contributed by atoms with Crippen molar-refractivity contribution in [1.82, 2.24) is 5.32 Å². The summed E-state index contributed by atoms with van der Waals surface area (Å²) >= 11 is 1.87. The summed E-state index contributed by atoms with van der Waals surface area (Å²) in [6, 6.07) is 8.42. The summed E-state index contributed by atoms with van der Waals surface area (Å²) in [4.78, 5) is 24.2. The highest BCUT2D eigenvalue weighted by atomic mass is 32.2. The van der Waals surface area contributed by atoms with Crippen molar-refractivity contribution in [2.24, 2.45) is 5.92 Å². The van der Waals surface area contributed by atoms with E-state index in [0.717, 1.165) is 12.8 Å². The van der Waals surface area contributed by atoms with Crippen molar-refractivity contribution < 1.29 is 9.59 Å². The van der Waals surface area contributed by atoms with Gasteiger partial charge in [-0.1, -0.05) is 18.2 Å². The van der Waals surface area contributed by atoms with Gasteiger partial charge in [0.2, 0.25) is 11.8 Å². The highest BCUT2D eigenvalue weighted by Gasteiger charge is 2.31. The van der Waals surface area contributed by atoms with Crippen LogP contribution >= 0.6 is 11.8 Å². The van der Waals surface area contributed by atoms with Crippen LogP contribution in [-0.2, 0) is 16.0 Å². The van der Waals surface area contributed by atoms with Gasteiger partial charge >= 0.3 is 0 Å². The number of benzene rings is 1. The average molecular weight is 261 g/mol. The Balaban J connectivity index is 1.63. The number of amides is 2. The molecule has 0 aliphatic carbocycles. The number of carbonyl (C=O) groups is 2. The number of hydrogen-bond acceptors (Lipinski definition) is 3. The van der Waals surface area contributed by atoms with Crippen LogP contribution in [0.3, 0.4) is 0 Å². The first-order chi connectivity index (χ1) is 8.72. The molecule has 2 unspecified atom stereocenters. The van der Waals surface area contributed by atoms with Crippen LogP contribution in [0.2, 0.25) is 0 Å². The molecule has 2 heterocycles. The molecule has 0 saturated carbocycles. The van der Waals surface area contributed by atoms with E-state index in [4.69, 9.17) is 0 Å². The smallest absolute Gasteiger partial charge is 0.229 e. The summed E-state index contributed by atoms with van der Waals surface area (Å²) in [5.74, 6) is -0.198. The molecule has 1 saturated heterocycles. The largest absolute Gasteiger partial charge is 0.296 e. The SMILES string of the molecule is O=C1CCC(CC2Cc3ccccc3S2)C(=O)N1. The Morgan fingerprint density at radius 1 is 1.28 bits per heavy atom. The number of carbonyl (C=O) groups excluding carboxylic acids is 2. The molecule has 1 fully saturated rings. The first-order valence-electron chi connectivity index (χ1n) is 6.30. The van der Waals surface area contributed by atoms with Gasteiger partial charge in [-0.25, -0.2) is 0 Å². The standard InChI is InChI=1S/C14H15NO2S/c16-13-6-5-10(14(17)15-13)8-11-7-9-3-1-2-4-12(9)18-11/h1-4,10-11H,5-8H2,(H,15,16,17). The van der Waals surface area contributed by atoms with Gasteiger partial charge in [-0.05, 0) is 30.9 Å². The molecule has 4 heteroatoms. The molecule has 1 aromatic carbocycles. The zero-order valence-electron chi connectivity index (χ0n) is 10.0. The molecule has 94 valence electrons. The number of imide groups is 1. The minimum absolute atomic E-state index is 0.00881. The normalized spacial score (nSPS) is 26.9. The Labute approximate surface area is 110 Å². The van der Waals surface area contributed by atoms with Crippen molar-refractivity contribution in [2.45, 2.75) is 35.8 Å². The Bertz CT molecular complexity index is 475. The Hall–Kier alpha value is -1.29. The van der Waals surface area contributed by atoms with Gasteiger partial charge in [0.05, 0.1) is 0 Å². The molecule has 0 spiro atoms. The van der Waals surface area contributed by atoms with Crippen LogP contribution in [0.4, 0.5) is 0 Å². The van der Waals surface area contributed by atoms with Crippen molar-refractivity contribution in [3.8, 4) is 0 Å². The predicted octanol–water partition coefficient (Wildman–Crippen LogP) is 2.15. The van der Waals surface area contributed by atoms with E-state index >= 15 is 0 Å². The van der Waals surface area contributed by atoms with E-state index in [-0.39, 0.29) is 17.7 Å². The first kappa shape index (κ1) is 11.8. The second kappa shape index (κ2) is 4.76. The molecule has 0 bridgehead atoms. The van der Waals surface area contributed by atoms with Crippen LogP contribution in [0.5, 0.6) is 0 Å². The molecule has 2 atom stereocenters. The van der Waals surface area contributed by atoms with E-state index < -0.39 is 0 Å². The number of thioether (sulfide) groups is 1. The maximum Gasteiger partial charge on any atom is 0.229 e. The fraction of sp³-hybridized carbons (Fsp3) is 0.429. The van der Waals surface area contributed by atoms with E-state index in [9.17, 15) is 9.59 Å². The lowest BCUT2D eigenvalue weighted by molar-refractivity contribution is -0.136. The summed E-state index contributed by atoms with van der Waals surface area (Å²) in [6.45, 7) is 0. The van der Waals surface area contributed by atoms with Gasteiger partial charge in [0.25, 0.3) is 0 Å². The molecular weight excluding hydrogens is 246 g/mol. The van der Waals surface area contributed by atoms with Crippen LogP contribution in [0, 0.1) is 5.92 Å². The maximum atomic E-state index is 11.7. The number of piperidine rings is 1. The summed E-state index contributed by atoms with van der Waals surface area (Å²) in [5, 5.41) is 2.92. The minimum atomic E-state index is -0.126. The van der Waals surface area contributed by atoms with Gasteiger partial charge in [0.15, 0.2) is 0 Å². The van der Waals surface area contributed by atoms with Gasteiger partial charge in [-0.15, -0.1) is 11.8 Å². The van der Waals surface area contributed by atoms with Crippen LogP contribution < -0.4 is 5.32 Å². The van der Waals surface area contributed by atoms with Crippen molar-refractivity contribution in [1.29, 1.82) is 0 Å². The third kappa shape index (κ3) is 2.29. The summed E-state index contributed by atoms with van der Waals surface area (Å²) < 4.78 is 0. The lowest BCUT2D eigenvalue weighted by atomic mass is 9.92. The summed E-state index contributed by atoms with van der Waals surface area (Å²) in [7, 11) is 0. The number of hydrogen-bond donors (Lipinski definition) is 1. The molecule has 0 aromatic heterocycles. The Kier molecular flexibility index (Phi) is 3.12. The zero-order valence-corrected chi connectivity index (χ0v) is 10.8. The van der Waals surface area contributed by atoms with E-state index in [1.165, 1.54) is 10.5 Å². The second-order valence-corrected chi connectivity index (χ2v) is 6.28. The van der Waals surface area contributed by atoms with Gasteiger partial charge in [-0.3, -0.25) is 14.9 Å². The van der Waals surface area contributed by atoms with Crippen molar-refractivity contribution in [3.05, 3.63) is 29.8 Å². The quantitative estimate of drug-likeness (QED) is 0.830. The summed E-state index contributed by atoms with van der Waals surface area (Å²) in [5.41, 5.74) is 1.39. The molecule has 3 nitrogen and oxygen atoms in total. The van der Waals surface area contributed by atoms with E-state index in [1.54, 1.807) is 0 Å². The van der Waals surface area contributed by atoms with E-state index in [2.05, 4.69) is 29.6 Å². The Morgan fingerprint density at radius 3 is 2.89 bits per heavy atom. The molecular formula is C14H15NO2S. The molecule has 2 amide bonds. The molecule has 1 N–H and O–H groups in total. The van der Waals surface area contributed by atoms with Gasteiger partial charge in [0, 0.05) is 22.5 Å². The van der Waals surface area contributed by atoms with Crippen LogP contribution in [0.25, 0.3) is 0 Å². The lowest BCUT2D eigenvalue weighted by Crippen LogP contribution is -2.41. The van der Waals surface area contributed by atoms with Crippen LogP contribution in [-0.4, -0.2) is 17.1 Å². The monoisotopic (exact) mass is 261 g/mol. The summed E-state index contributed by atoms with van der Waals surface area (Å²) in [6.07, 6.45) is 3.11. The predicted molar refractivity (Wildman–Crippen MR) is 70.3 cm³/mol. The average Bonchev–Trinajstić information content (AvgIpc) is 2.75. The maximum absolute atomic E-state index is 11.7. The third-order valence-electron chi connectivity index (χ3n) is 3.61. The van der Waals surface area contributed by atoms with Crippen LogP contribution in [0.1, 0.15) is 24.8 Å². The lowest BCUT2D eigenvalue weighted by Gasteiger charge is -2.22. The van der Waals surface area contributed by atoms with Crippen molar-refractivity contribution in [2.75, 3.05) is 0 Å². The van der Waals surface area contributed by atoms with E-state index in [0.29, 0.717) is 18.1 Å². The highest BCUT2D eigenvalue weighted by molar-refractivity contribution is 8.00. The molecule has 3 rings (SSSR count). The molecule has 1 aromatic rings. The second-order valence-electron chi connectivity index (χ2n) is 4.94. The third-order valence-corrected chi connectivity index (χ3v) is 4.96. The number of nitrogens with one attached hydrogen (secondary N) is 1. The fourth-order valence-electron chi connectivity index (χ4n) is 2.67. The van der Waals surface area contributed by atoms with Gasteiger partial charge < -0.3 is 0 Å². The van der Waals surface area contributed by atoms with Gasteiger partial charge in [0.1, 0.15) is 0 Å². The number of fused-ring (bicyclic) bond motifs is 1. The molecule has 18 heavy (non-hydrogen) atoms. The zero-order chi connectivity index (χ0) is 12.5. The van der Waals surface area contributed by atoms with Crippen molar-refractivity contribution >= 4 is 23.6 Å². The fourth-order valence-corrected chi connectivity index (χ4v) is 4.08. The van der Waals surface area contributed by atoms with Gasteiger partial charge in [-0.2, -0.15) is 0 Å². The molecule has 2 aliphatic heterocycles. The Morgan fingerprint density at radius 2 is 2.11 bits per heavy atom. The number of rotatable bonds is 2. The van der Waals surface area contributed by atoms with Crippen molar-refractivity contribution in [3.63, 3.8) is 0 Å². The molecule has 2 aliphatic rings. The minimum Gasteiger partial charge on any atom is -0.296 e. The highest BCUT2D eigenvalue weighted by Crippen LogP contribution is 2.40. The molecule has 0 radical (unpaired) electrons. The van der Waals surface area contributed by atoms with E-state index in [1.807, 2.05) is 11.8 Å². The van der Waals surface area contributed by atoms with Crippen LogP contribution in [0.15, 0.2) is 29.2 Å².